The van der Waals surface area contributed by atoms with Gasteiger partial charge >= 0.3 is 5.97 Å². The molecular weight excluding hydrogens is 300 g/mol. The average molecular weight is 316 g/mol. The summed E-state index contributed by atoms with van der Waals surface area (Å²) in [7, 11) is 0. The van der Waals surface area contributed by atoms with Crippen LogP contribution in [0.5, 0.6) is 0 Å². The normalized spacial score (nSPS) is 20.5. The number of cyclic esters (lactones) is 1. The number of thiophene rings is 1. The van der Waals surface area contributed by atoms with E-state index >= 15 is 0 Å². The summed E-state index contributed by atoms with van der Waals surface area (Å²) >= 11 is 1.40. The average Bonchev–Trinajstić information content (AvgIpc) is 3.12. The number of carbonyl (C=O) groups excluding carboxylic acids is 2. The predicted octanol–water partition coefficient (Wildman–Crippen LogP) is 3.12. The van der Waals surface area contributed by atoms with Crippen LogP contribution in [-0.4, -0.2) is 24.0 Å². The quantitative estimate of drug-likeness (QED) is 0.851. The first-order valence-electron chi connectivity index (χ1n) is 7.04. The summed E-state index contributed by atoms with van der Waals surface area (Å²) in [6.07, 6.45) is 0.616. The third-order valence-electron chi connectivity index (χ3n) is 3.40. The number of ether oxygens (including phenoxy) is 1. The van der Waals surface area contributed by atoms with E-state index < -0.39 is 0 Å². The van der Waals surface area contributed by atoms with Crippen LogP contribution in [0.1, 0.15) is 23.0 Å². The summed E-state index contributed by atoms with van der Waals surface area (Å²) in [6.45, 7) is 1.88. The van der Waals surface area contributed by atoms with Gasteiger partial charge in [-0.3, -0.25) is 4.79 Å². The van der Waals surface area contributed by atoms with Gasteiger partial charge in [0.25, 0.3) is 5.91 Å². The lowest BCUT2D eigenvalue weighted by molar-refractivity contribution is -0.141. The van der Waals surface area contributed by atoms with Gasteiger partial charge in [-0.15, -0.1) is 11.3 Å². The summed E-state index contributed by atoms with van der Waals surface area (Å²) in [5.74, 6) is -0.341. The number of hydrogen-bond donors (Lipinski definition) is 2. The first-order chi connectivity index (χ1) is 10.6. The van der Waals surface area contributed by atoms with Crippen molar-refractivity contribution in [2.24, 2.45) is 0 Å². The maximum atomic E-state index is 11.9. The Bertz CT molecular complexity index is 667. The zero-order valence-corrected chi connectivity index (χ0v) is 12.9. The number of esters is 1. The third kappa shape index (κ3) is 3.28. The van der Waals surface area contributed by atoms with Crippen molar-refractivity contribution >= 4 is 34.6 Å². The minimum atomic E-state index is -0.304. The Balaban J connectivity index is 1.61. The number of nitrogens with one attached hydrogen (secondary N) is 2. The van der Waals surface area contributed by atoms with E-state index in [1.165, 1.54) is 11.3 Å². The summed E-state index contributed by atoms with van der Waals surface area (Å²) in [4.78, 5) is 24.2. The van der Waals surface area contributed by atoms with E-state index in [2.05, 4.69) is 10.6 Å². The standard InChI is InChI=1S/C16H16N2O3S/c1-10-9-13(16(20)21-10)17-11-4-6-12(7-5-11)18-15(19)14-3-2-8-22-14/h2-8,10,13,17H,9H2,1H3,(H,18,19)/t10-,13-/m0/s1. The minimum Gasteiger partial charge on any atom is -0.461 e. The molecule has 1 aliphatic rings. The van der Waals surface area contributed by atoms with Gasteiger partial charge in [0.2, 0.25) is 0 Å². The van der Waals surface area contributed by atoms with Gasteiger partial charge in [0, 0.05) is 17.8 Å². The van der Waals surface area contributed by atoms with Crippen LogP contribution in [0.3, 0.4) is 0 Å². The van der Waals surface area contributed by atoms with Crippen LogP contribution in [0.2, 0.25) is 0 Å². The minimum absolute atomic E-state index is 0.0469. The second-order valence-corrected chi connectivity index (χ2v) is 6.14. The molecule has 2 aromatic rings. The third-order valence-corrected chi connectivity index (χ3v) is 4.27. The van der Waals surface area contributed by atoms with Crippen molar-refractivity contribution in [1.29, 1.82) is 0 Å². The Kier molecular flexibility index (Phi) is 4.11. The number of rotatable bonds is 4. The van der Waals surface area contributed by atoms with E-state index in [9.17, 15) is 9.59 Å². The monoisotopic (exact) mass is 316 g/mol. The summed E-state index contributed by atoms with van der Waals surface area (Å²) in [5, 5.41) is 7.84. The number of benzene rings is 1. The van der Waals surface area contributed by atoms with Crippen molar-refractivity contribution in [1.82, 2.24) is 0 Å². The van der Waals surface area contributed by atoms with Crippen molar-refractivity contribution in [2.75, 3.05) is 10.6 Å². The van der Waals surface area contributed by atoms with Crippen LogP contribution >= 0.6 is 11.3 Å². The maximum absolute atomic E-state index is 11.9. The van der Waals surface area contributed by atoms with Crippen molar-refractivity contribution in [3.05, 3.63) is 46.7 Å². The van der Waals surface area contributed by atoms with Crippen LogP contribution in [-0.2, 0) is 9.53 Å². The molecule has 6 heteroatoms. The van der Waals surface area contributed by atoms with Crippen LogP contribution < -0.4 is 10.6 Å². The lowest BCUT2D eigenvalue weighted by atomic mass is 10.1. The summed E-state index contributed by atoms with van der Waals surface area (Å²) in [6, 6.07) is 10.6. The Morgan fingerprint density at radius 3 is 2.55 bits per heavy atom. The molecule has 1 aromatic carbocycles. The molecule has 114 valence electrons. The molecule has 0 aliphatic carbocycles. The number of hydrogen-bond acceptors (Lipinski definition) is 5. The highest BCUT2D eigenvalue weighted by Crippen LogP contribution is 2.21. The van der Waals surface area contributed by atoms with E-state index in [1.54, 1.807) is 18.2 Å². The van der Waals surface area contributed by atoms with Crippen molar-refractivity contribution in [2.45, 2.75) is 25.5 Å². The fourth-order valence-corrected chi connectivity index (χ4v) is 2.94. The highest BCUT2D eigenvalue weighted by Gasteiger charge is 2.31. The molecule has 5 nitrogen and oxygen atoms in total. The molecule has 1 fully saturated rings. The lowest BCUT2D eigenvalue weighted by Crippen LogP contribution is -2.24. The Labute approximate surface area is 132 Å². The Hall–Kier alpha value is -2.34. The van der Waals surface area contributed by atoms with E-state index in [4.69, 9.17) is 4.74 Å². The zero-order chi connectivity index (χ0) is 15.5. The van der Waals surface area contributed by atoms with Gasteiger partial charge in [0.1, 0.15) is 12.1 Å². The van der Waals surface area contributed by atoms with E-state index in [-0.39, 0.29) is 24.0 Å². The van der Waals surface area contributed by atoms with Gasteiger partial charge < -0.3 is 15.4 Å². The van der Waals surface area contributed by atoms with Gasteiger partial charge in [-0.25, -0.2) is 4.79 Å². The molecule has 0 bridgehead atoms. The summed E-state index contributed by atoms with van der Waals surface area (Å²) < 4.78 is 5.11. The van der Waals surface area contributed by atoms with Crippen molar-refractivity contribution in [3.8, 4) is 0 Å². The van der Waals surface area contributed by atoms with Crippen molar-refractivity contribution in [3.63, 3.8) is 0 Å². The topological polar surface area (TPSA) is 67.4 Å². The first kappa shape index (κ1) is 14.6. The van der Waals surface area contributed by atoms with Gasteiger partial charge in [-0.2, -0.15) is 0 Å². The van der Waals surface area contributed by atoms with Crippen LogP contribution in [0, 0.1) is 0 Å². The maximum Gasteiger partial charge on any atom is 0.328 e. The second-order valence-electron chi connectivity index (χ2n) is 5.19. The molecule has 1 amide bonds. The molecule has 2 heterocycles. The molecule has 1 saturated heterocycles. The van der Waals surface area contributed by atoms with Gasteiger partial charge in [-0.1, -0.05) is 6.07 Å². The molecule has 0 unspecified atom stereocenters. The Morgan fingerprint density at radius 1 is 1.23 bits per heavy atom. The van der Waals surface area contributed by atoms with Crippen LogP contribution in [0.25, 0.3) is 0 Å². The largest absolute Gasteiger partial charge is 0.461 e. The molecule has 0 radical (unpaired) electrons. The van der Waals surface area contributed by atoms with E-state index in [0.717, 1.165) is 5.69 Å². The molecule has 0 saturated carbocycles. The first-order valence-corrected chi connectivity index (χ1v) is 7.92. The molecule has 22 heavy (non-hydrogen) atoms. The smallest absolute Gasteiger partial charge is 0.328 e. The fourth-order valence-electron chi connectivity index (χ4n) is 2.33. The van der Waals surface area contributed by atoms with Gasteiger partial charge in [0.15, 0.2) is 0 Å². The number of carbonyl (C=O) groups is 2. The molecule has 2 atom stereocenters. The zero-order valence-electron chi connectivity index (χ0n) is 12.0. The van der Waals surface area contributed by atoms with Crippen molar-refractivity contribution < 1.29 is 14.3 Å². The molecule has 2 N–H and O–H groups in total. The fraction of sp³-hybridized carbons (Fsp3) is 0.250. The number of anilines is 2. The Morgan fingerprint density at radius 2 is 1.95 bits per heavy atom. The second kappa shape index (κ2) is 6.19. The van der Waals surface area contributed by atoms with Crippen LogP contribution in [0.4, 0.5) is 11.4 Å². The number of amides is 1. The molecule has 3 rings (SSSR count). The SMILES string of the molecule is C[C@H]1C[C@H](Nc2ccc(NC(=O)c3cccs3)cc2)C(=O)O1. The predicted molar refractivity (Wildman–Crippen MR) is 86.3 cm³/mol. The summed E-state index contributed by atoms with van der Waals surface area (Å²) in [5.41, 5.74) is 1.54. The van der Waals surface area contributed by atoms with E-state index in [1.807, 2.05) is 30.5 Å². The van der Waals surface area contributed by atoms with E-state index in [0.29, 0.717) is 17.0 Å². The van der Waals surface area contributed by atoms with Gasteiger partial charge in [0.05, 0.1) is 4.88 Å². The highest BCUT2D eigenvalue weighted by molar-refractivity contribution is 7.12. The molecule has 1 aromatic heterocycles. The van der Waals surface area contributed by atoms with Gasteiger partial charge in [-0.05, 0) is 42.6 Å². The molecular formula is C16H16N2O3S. The molecule has 0 spiro atoms. The molecule has 1 aliphatic heterocycles. The lowest BCUT2D eigenvalue weighted by Gasteiger charge is -2.11. The van der Waals surface area contributed by atoms with Crippen LogP contribution in [0.15, 0.2) is 41.8 Å². The highest BCUT2D eigenvalue weighted by atomic mass is 32.1.